The molecule has 0 aliphatic carbocycles. The Bertz CT molecular complexity index is 569. The van der Waals surface area contributed by atoms with Crippen molar-refractivity contribution < 1.29 is 13.2 Å². The molecule has 1 unspecified atom stereocenters. The first-order chi connectivity index (χ1) is 8.90. The monoisotopic (exact) mass is 348 g/mol. The van der Waals surface area contributed by atoms with Crippen molar-refractivity contribution in [3.05, 3.63) is 22.2 Å². The minimum atomic E-state index is -3.56. The quantitative estimate of drug-likeness (QED) is 0.816. The lowest BCUT2D eigenvalue weighted by Crippen LogP contribution is -2.40. The van der Waals surface area contributed by atoms with E-state index in [1.54, 1.807) is 13.0 Å². The van der Waals surface area contributed by atoms with Crippen LogP contribution in [0.5, 0.6) is 0 Å². The molecule has 1 saturated heterocycles. The maximum Gasteiger partial charge on any atom is 0.241 e. The van der Waals surface area contributed by atoms with E-state index >= 15 is 0 Å². The zero-order valence-electron chi connectivity index (χ0n) is 10.6. The Kier molecular flexibility index (Phi) is 4.50. The van der Waals surface area contributed by atoms with E-state index in [4.69, 9.17) is 10.5 Å². The Labute approximate surface area is 121 Å². The molecule has 5 nitrogen and oxygen atoms in total. The summed E-state index contributed by atoms with van der Waals surface area (Å²) in [4.78, 5) is 0.221. The summed E-state index contributed by atoms with van der Waals surface area (Å²) in [5, 5.41) is 0. The molecule has 2 rings (SSSR count). The van der Waals surface area contributed by atoms with E-state index in [1.807, 2.05) is 0 Å². The molecule has 7 heteroatoms. The number of nitrogens with one attached hydrogen (secondary N) is 1. The second kappa shape index (κ2) is 5.78. The molecule has 1 heterocycles. The SMILES string of the molecule is Cc1cc(Br)c(N)cc1S(=O)(=O)NC1CCCOC1. The van der Waals surface area contributed by atoms with E-state index in [1.165, 1.54) is 6.07 Å². The van der Waals surface area contributed by atoms with Gasteiger partial charge in [-0.3, -0.25) is 0 Å². The largest absolute Gasteiger partial charge is 0.398 e. The van der Waals surface area contributed by atoms with Crippen molar-refractivity contribution in [1.82, 2.24) is 4.72 Å². The molecule has 19 heavy (non-hydrogen) atoms. The number of nitrogen functional groups attached to an aromatic ring is 1. The van der Waals surface area contributed by atoms with Crippen molar-refractivity contribution in [2.75, 3.05) is 18.9 Å². The predicted molar refractivity (Wildman–Crippen MR) is 77.5 cm³/mol. The lowest BCUT2D eigenvalue weighted by Gasteiger charge is -2.23. The lowest BCUT2D eigenvalue weighted by molar-refractivity contribution is 0.0774. The zero-order valence-corrected chi connectivity index (χ0v) is 13.1. The van der Waals surface area contributed by atoms with Gasteiger partial charge < -0.3 is 10.5 Å². The molecule has 0 amide bonds. The van der Waals surface area contributed by atoms with Gasteiger partial charge in [0, 0.05) is 22.8 Å². The van der Waals surface area contributed by atoms with Crippen LogP contribution in [0.4, 0.5) is 5.69 Å². The zero-order chi connectivity index (χ0) is 14.0. The van der Waals surface area contributed by atoms with Crippen LogP contribution < -0.4 is 10.5 Å². The Hall–Kier alpha value is -0.630. The van der Waals surface area contributed by atoms with Crippen molar-refractivity contribution in [1.29, 1.82) is 0 Å². The van der Waals surface area contributed by atoms with E-state index in [-0.39, 0.29) is 10.9 Å². The number of ether oxygens (including phenoxy) is 1. The number of nitrogens with two attached hydrogens (primary N) is 1. The highest BCUT2D eigenvalue weighted by molar-refractivity contribution is 9.10. The van der Waals surface area contributed by atoms with Gasteiger partial charge in [0.2, 0.25) is 10.0 Å². The van der Waals surface area contributed by atoms with Gasteiger partial charge in [0.1, 0.15) is 0 Å². The van der Waals surface area contributed by atoms with Gasteiger partial charge in [-0.05, 0) is 53.4 Å². The van der Waals surface area contributed by atoms with Gasteiger partial charge in [-0.2, -0.15) is 0 Å². The van der Waals surface area contributed by atoms with Crippen molar-refractivity contribution >= 4 is 31.6 Å². The molecule has 1 fully saturated rings. The first kappa shape index (κ1) is 14.8. The number of halogens is 1. The number of hydrogen-bond donors (Lipinski definition) is 2. The molecular weight excluding hydrogens is 332 g/mol. The fourth-order valence-corrected chi connectivity index (χ4v) is 4.05. The van der Waals surface area contributed by atoms with E-state index in [9.17, 15) is 8.42 Å². The van der Waals surface area contributed by atoms with Crippen molar-refractivity contribution in [2.24, 2.45) is 0 Å². The topological polar surface area (TPSA) is 81.4 Å². The van der Waals surface area contributed by atoms with Crippen LogP contribution in [0, 0.1) is 6.92 Å². The second-order valence-corrected chi connectivity index (χ2v) is 7.21. The van der Waals surface area contributed by atoms with E-state index < -0.39 is 10.0 Å². The fraction of sp³-hybridized carbons (Fsp3) is 0.500. The summed E-state index contributed by atoms with van der Waals surface area (Å²) in [5.41, 5.74) is 6.82. The molecule has 0 aromatic heterocycles. The number of aryl methyl sites for hydroxylation is 1. The van der Waals surface area contributed by atoms with Gasteiger partial charge in [-0.15, -0.1) is 0 Å². The third-order valence-corrected chi connectivity index (χ3v) is 5.42. The van der Waals surface area contributed by atoms with E-state index in [0.29, 0.717) is 28.9 Å². The van der Waals surface area contributed by atoms with E-state index in [0.717, 1.165) is 12.8 Å². The van der Waals surface area contributed by atoms with Gasteiger partial charge in [0.05, 0.1) is 11.5 Å². The Morgan fingerprint density at radius 2 is 2.21 bits per heavy atom. The first-order valence-corrected chi connectivity index (χ1v) is 8.33. The summed E-state index contributed by atoms with van der Waals surface area (Å²) in [6.07, 6.45) is 1.67. The highest BCUT2D eigenvalue weighted by atomic mass is 79.9. The number of rotatable bonds is 3. The lowest BCUT2D eigenvalue weighted by atomic mass is 10.1. The molecule has 1 aromatic rings. The molecule has 0 radical (unpaired) electrons. The predicted octanol–water partition coefficient (Wildman–Crippen LogP) is 1.80. The average molecular weight is 349 g/mol. The molecular formula is C12H17BrN2O3S. The number of sulfonamides is 1. The third-order valence-electron chi connectivity index (χ3n) is 3.07. The molecule has 1 aliphatic heterocycles. The van der Waals surface area contributed by atoms with Crippen LogP contribution >= 0.6 is 15.9 Å². The number of hydrogen-bond acceptors (Lipinski definition) is 4. The van der Waals surface area contributed by atoms with Gasteiger partial charge in [-0.25, -0.2) is 13.1 Å². The highest BCUT2D eigenvalue weighted by Crippen LogP contribution is 2.27. The Morgan fingerprint density at radius 3 is 2.84 bits per heavy atom. The minimum absolute atomic E-state index is 0.164. The minimum Gasteiger partial charge on any atom is -0.398 e. The van der Waals surface area contributed by atoms with Crippen LogP contribution in [-0.2, 0) is 14.8 Å². The van der Waals surface area contributed by atoms with Crippen LogP contribution in [-0.4, -0.2) is 27.7 Å². The van der Waals surface area contributed by atoms with Gasteiger partial charge in [-0.1, -0.05) is 0 Å². The maximum absolute atomic E-state index is 12.3. The summed E-state index contributed by atoms with van der Waals surface area (Å²) >= 11 is 3.29. The van der Waals surface area contributed by atoms with Gasteiger partial charge in [0.25, 0.3) is 0 Å². The molecule has 0 bridgehead atoms. The molecule has 1 atom stereocenters. The average Bonchev–Trinajstić information content (AvgIpc) is 2.34. The summed E-state index contributed by atoms with van der Waals surface area (Å²) in [6.45, 7) is 2.86. The van der Waals surface area contributed by atoms with Crippen molar-refractivity contribution in [3.63, 3.8) is 0 Å². The molecule has 3 N–H and O–H groups in total. The number of benzene rings is 1. The van der Waals surface area contributed by atoms with Crippen molar-refractivity contribution in [3.8, 4) is 0 Å². The van der Waals surface area contributed by atoms with Crippen LogP contribution in [0.25, 0.3) is 0 Å². The summed E-state index contributed by atoms with van der Waals surface area (Å²) in [5.74, 6) is 0. The molecule has 0 spiro atoms. The first-order valence-electron chi connectivity index (χ1n) is 6.06. The van der Waals surface area contributed by atoms with Crippen LogP contribution in [0.3, 0.4) is 0 Å². The molecule has 1 aromatic carbocycles. The molecule has 1 aliphatic rings. The Morgan fingerprint density at radius 1 is 1.47 bits per heavy atom. The second-order valence-electron chi connectivity index (χ2n) is 4.67. The van der Waals surface area contributed by atoms with Crippen LogP contribution in [0.1, 0.15) is 18.4 Å². The smallest absolute Gasteiger partial charge is 0.241 e. The van der Waals surface area contributed by atoms with Crippen molar-refractivity contribution in [2.45, 2.75) is 30.7 Å². The molecule has 0 saturated carbocycles. The summed E-state index contributed by atoms with van der Waals surface area (Å²) in [7, 11) is -3.56. The fourth-order valence-electron chi connectivity index (χ4n) is 2.07. The van der Waals surface area contributed by atoms with E-state index in [2.05, 4.69) is 20.7 Å². The normalized spacial score (nSPS) is 20.4. The number of anilines is 1. The maximum atomic E-state index is 12.3. The summed E-state index contributed by atoms with van der Waals surface area (Å²) < 4.78 is 33.3. The van der Waals surface area contributed by atoms with Crippen LogP contribution in [0.2, 0.25) is 0 Å². The molecule has 106 valence electrons. The third kappa shape index (κ3) is 3.47. The van der Waals surface area contributed by atoms with Gasteiger partial charge >= 0.3 is 0 Å². The Balaban J connectivity index is 2.26. The highest BCUT2D eigenvalue weighted by Gasteiger charge is 2.24. The summed E-state index contributed by atoms with van der Waals surface area (Å²) in [6, 6.07) is 3.02. The van der Waals surface area contributed by atoms with Crippen LogP contribution in [0.15, 0.2) is 21.5 Å². The van der Waals surface area contributed by atoms with Gasteiger partial charge in [0.15, 0.2) is 0 Å². The standard InChI is InChI=1S/C12H17BrN2O3S/c1-8-5-10(13)11(14)6-12(8)19(16,17)15-9-3-2-4-18-7-9/h5-6,9,15H,2-4,7,14H2,1H3.